The van der Waals surface area contributed by atoms with Gasteiger partial charge in [0.2, 0.25) is 0 Å². The molecular weight excluding hydrogens is 254 g/mol. The van der Waals surface area contributed by atoms with Crippen LogP contribution in [0.15, 0.2) is 18.2 Å². The molecule has 1 atom stereocenters. The number of rotatable bonds is 7. The van der Waals surface area contributed by atoms with E-state index in [1.54, 1.807) is 12.1 Å². The van der Waals surface area contributed by atoms with Gasteiger partial charge in [0.25, 0.3) is 0 Å². The predicted molar refractivity (Wildman–Crippen MR) is 80.3 cm³/mol. The summed E-state index contributed by atoms with van der Waals surface area (Å²) in [5.74, 6) is 0.0959. The number of aromatic carboxylic acids is 1. The van der Waals surface area contributed by atoms with Gasteiger partial charge in [0.1, 0.15) is 11.3 Å². The molecule has 0 saturated heterocycles. The Balaban J connectivity index is 2.82. The van der Waals surface area contributed by atoms with Gasteiger partial charge in [-0.2, -0.15) is 0 Å². The number of hydrogen-bond acceptors (Lipinski definition) is 3. The molecule has 1 aromatic carbocycles. The summed E-state index contributed by atoms with van der Waals surface area (Å²) in [4.78, 5) is 13.4. The van der Waals surface area contributed by atoms with Crippen LogP contribution in [0.5, 0.6) is 5.75 Å². The average molecular weight is 279 g/mol. The van der Waals surface area contributed by atoms with Crippen molar-refractivity contribution >= 4 is 5.97 Å². The van der Waals surface area contributed by atoms with E-state index in [9.17, 15) is 9.90 Å². The SMILES string of the molecule is COc1ccc(CN(C)C(C)CC(C)C)cc1C(=O)O. The molecule has 4 heteroatoms. The van der Waals surface area contributed by atoms with Crippen LogP contribution in [0.25, 0.3) is 0 Å². The van der Waals surface area contributed by atoms with Gasteiger partial charge in [0, 0.05) is 12.6 Å². The lowest BCUT2D eigenvalue weighted by Gasteiger charge is -2.26. The first-order valence-electron chi connectivity index (χ1n) is 6.95. The number of benzene rings is 1. The summed E-state index contributed by atoms with van der Waals surface area (Å²) in [6.45, 7) is 7.35. The Hall–Kier alpha value is -1.55. The molecule has 0 fully saturated rings. The van der Waals surface area contributed by atoms with Crippen molar-refractivity contribution in [2.75, 3.05) is 14.2 Å². The molecule has 1 aromatic rings. The van der Waals surface area contributed by atoms with E-state index >= 15 is 0 Å². The predicted octanol–water partition coefficient (Wildman–Crippen LogP) is 3.26. The summed E-state index contributed by atoms with van der Waals surface area (Å²) in [5.41, 5.74) is 1.20. The van der Waals surface area contributed by atoms with Gasteiger partial charge >= 0.3 is 5.97 Å². The van der Waals surface area contributed by atoms with Gasteiger partial charge in [0.15, 0.2) is 0 Å². The highest BCUT2D eigenvalue weighted by Crippen LogP contribution is 2.21. The highest BCUT2D eigenvalue weighted by Gasteiger charge is 2.15. The fourth-order valence-electron chi connectivity index (χ4n) is 2.33. The van der Waals surface area contributed by atoms with Crippen LogP contribution in [0.4, 0.5) is 0 Å². The minimum atomic E-state index is -0.957. The number of nitrogens with zero attached hydrogens (tertiary/aromatic N) is 1. The molecule has 0 bridgehead atoms. The van der Waals surface area contributed by atoms with Crippen LogP contribution in [0.3, 0.4) is 0 Å². The third-order valence-corrected chi connectivity index (χ3v) is 3.49. The molecule has 0 aliphatic rings. The standard InChI is InChI=1S/C16H25NO3/c1-11(2)8-12(3)17(4)10-13-6-7-15(20-5)14(9-13)16(18)19/h6-7,9,11-12H,8,10H2,1-5H3,(H,18,19). The van der Waals surface area contributed by atoms with Crippen LogP contribution < -0.4 is 4.74 Å². The third kappa shape index (κ3) is 4.53. The minimum Gasteiger partial charge on any atom is -0.496 e. The van der Waals surface area contributed by atoms with Gasteiger partial charge in [-0.25, -0.2) is 4.79 Å². The summed E-state index contributed by atoms with van der Waals surface area (Å²) >= 11 is 0. The van der Waals surface area contributed by atoms with Crippen molar-refractivity contribution in [3.63, 3.8) is 0 Å². The maximum absolute atomic E-state index is 11.2. The van der Waals surface area contributed by atoms with Crippen molar-refractivity contribution in [2.24, 2.45) is 5.92 Å². The number of carboxylic acids is 1. The van der Waals surface area contributed by atoms with Crippen LogP contribution in [0.1, 0.15) is 43.1 Å². The maximum Gasteiger partial charge on any atom is 0.339 e. The quantitative estimate of drug-likeness (QED) is 0.832. The molecule has 20 heavy (non-hydrogen) atoms. The van der Waals surface area contributed by atoms with Crippen LogP contribution in [0, 0.1) is 5.92 Å². The highest BCUT2D eigenvalue weighted by atomic mass is 16.5. The molecule has 1 N–H and O–H groups in total. The lowest BCUT2D eigenvalue weighted by atomic mass is 10.0. The van der Waals surface area contributed by atoms with E-state index in [-0.39, 0.29) is 5.56 Å². The molecule has 0 aliphatic carbocycles. The molecule has 0 aliphatic heterocycles. The summed E-state index contributed by atoms with van der Waals surface area (Å²) in [6, 6.07) is 5.80. The van der Waals surface area contributed by atoms with Crippen molar-refractivity contribution < 1.29 is 14.6 Å². The van der Waals surface area contributed by atoms with E-state index in [0.717, 1.165) is 18.5 Å². The molecule has 1 unspecified atom stereocenters. The van der Waals surface area contributed by atoms with Crippen LogP contribution in [0.2, 0.25) is 0 Å². The molecule has 0 saturated carbocycles. The third-order valence-electron chi connectivity index (χ3n) is 3.49. The zero-order valence-electron chi connectivity index (χ0n) is 13.0. The Kier molecular flexibility index (Phi) is 6.02. The topological polar surface area (TPSA) is 49.8 Å². The molecule has 0 spiro atoms. The molecule has 0 heterocycles. The van der Waals surface area contributed by atoms with Crippen LogP contribution in [-0.4, -0.2) is 36.2 Å². The first-order valence-corrected chi connectivity index (χ1v) is 6.95. The fourth-order valence-corrected chi connectivity index (χ4v) is 2.33. The van der Waals surface area contributed by atoms with E-state index in [1.807, 2.05) is 6.07 Å². The minimum absolute atomic E-state index is 0.218. The molecule has 112 valence electrons. The smallest absolute Gasteiger partial charge is 0.339 e. The highest BCUT2D eigenvalue weighted by molar-refractivity contribution is 5.91. The molecule has 0 aromatic heterocycles. The van der Waals surface area contributed by atoms with Gasteiger partial charge < -0.3 is 9.84 Å². The number of carboxylic acid groups (broad SMARTS) is 1. The van der Waals surface area contributed by atoms with Gasteiger partial charge in [-0.15, -0.1) is 0 Å². The van der Waals surface area contributed by atoms with Gasteiger partial charge in [-0.3, -0.25) is 4.90 Å². The average Bonchev–Trinajstić information content (AvgIpc) is 2.37. The molecule has 0 amide bonds. The van der Waals surface area contributed by atoms with Gasteiger partial charge in [0.05, 0.1) is 7.11 Å². The number of carbonyl (C=O) groups is 1. The first-order chi connectivity index (χ1) is 9.35. The van der Waals surface area contributed by atoms with Gasteiger partial charge in [-0.1, -0.05) is 19.9 Å². The lowest BCUT2D eigenvalue weighted by Crippen LogP contribution is -2.29. The van der Waals surface area contributed by atoms with Crippen molar-refractivity contribution in [3.8, 4) is 5.75 Å². The first kappa shape index (κ1) is 16.5. The van der Waals surface area contributed by atoms with Crippen LogP contribution >= 0.6 is 0 Å². The zero-order valence-corrected chi connectivity index (χ0v) is 13.0. The summed E-state index contributed by atoms with van der Waals surface area (Å²) in [6.07, 6.45) is 1.12. The Morgan fingerprint density at radius 3 is 2.50 bits per heavy atom. The molecular formula is C16H25NO3. The van der Waals surface area contributed by atoms with Crippen molar-refractivity contribution in [2.45, 2.75) is 39.8 Å². The summed E-state index contributed by atoms with van der Waals surface area (Å²) in [7, 11) is 3.55. The normalized spacial score (nSPS) is 12.8. The molecule has 1 rings (SSSR count). The summed E-state index contributed by atoms with van der Waals surface area (Å²) in [5, 5.41) is 9.19. The second-order valence-electron chi connectivity index (χ2n) is 5.73. The van der Waals surface area contributed by atoms with Crippen molar-refractivity contribution in [3.05, 3.63) is 29.3 Å². The second kappa shape index (κ2) is 7.29. The molecule has 0 radical (unpaired) electrons. The Bertz CT molecular complexity index is 457. The maximum atomic E-state index is 11.2. The van der Waals surface area contributed by atoms with Crippen LogP contribution in [-0.2, 0) is 6.54 Å². The lowest BCUT2D eigenvalue weighted by molar-refractivity contribution is 0.0693. The largest absolute Gasteiger partial charge is 0.496 e. The van der Waals surface area contributed by atoms with Gasteiger partial charge in [-0.05, 0) is 44.0 Å². The monoisotopic (exact) mass is 279 g/mol. The number of methoxy groups -OCH3 is 1. The van der Waals surface area contributed by atoms with Crippen molar-refractivity contribution in [1.29, 1.82) is 0 Å². The second-order valence-corrected chi connectivity index (χ2v) is 5.73. The van der Waals surface area contributed by atoms with E-state index in [1.165, 1.54) is 7.11 Å². The van der Waals surface area contributed by atoms with E-state index in [4.69, 9.17) is 4.74 Å². The zero-order chi connectivity index (χ0) is 15.3. The Morgan fingerprint density at radius 2 is 2.00 bits per heavy atom. The number of ether oxygens (including phenoxy) is 1. The fraction of sp³-hybridized carbons (Fsp3) is 0.562. The van der Waals surface area contributed by atoms with Crippen molar-refractivity contribution in [1.82, 2.24) is 4.90 Å². The molecule has 4 nitrogen and oxygen atoms in total. The van der Waals surface area contributed by atoms with E-state index < -0.39 is 5.97 Å². The summed E-state index contributed by atoms with van der Waals surface area (Å²) < 4.78 is 5.07. The Morgan fingerprint density at radius 1 is 1.35 bits per heavy atom. The Labute approximate surface area is 121 Å². The van der Waals surface area contributed by atoms with E-state index in [2.05, 4.69) is 32.7 Å². The number of hydrogen-bond donors (Lipinski definition) is 1. The van der Waals surface area contributed by atoms with E-state index in [0.29, 0.717) is 17.7 Å².